The first-order valence-corrected chi connectivity index (χ1v) is 7.09. The standard InChI is InChI=1S/C14H24N2O2/c1-9-4-5-12(8-10(9)2)16-7-6-13(17)15-11(3)14(16)18/h9-12H,4-8H2,1-3H3,(H,15,17). The minimum Gasteiger partial charge on any atom is -0.345 e. The maximum Gasteiger partial charge on any atom is 0.245 e. The molecule has 2 rings (SSSR count). The highest BCUT2D eigenvalue weighted by Crippen LogP contribution is 2.32. The molecule has 2 aliphatic rings. The number of amides is 2. The van der Waals surface area contributed by atoms with Gasteiger partial charge in [0.15, 0.2) is 0 Å². The zero-order valence-corrected chi connectivity index (χ0v) is 11.6. The van der Waals surface area contributed by atoms with Crippen molar-refractivity contribution < 1.29 is 9.59 Å². The molecule has 1 heterocycles. The van der Waals surface area contributed by atoms with Crippen molar-refractivity contribution >= 4 is 11.8 Å². The molecule has 18 heavy (non-hydrogen) atoms. The van der Waals surface area contributed by atoms with Crippen LogP contribution in [-0.2, 0) is 9.59 Å². The maximum atomic E-state index is 12.3. The van der Waals surface area contributed by atoms with E-state index in [0.717, 1.165) is 18.8 Å². The average molecular weight is 252 g/mol. The number of hydrogen-bond acceptors (Lipinski definition) is 2. The molecule has 4 heteroatoms. The molecule has 0 bridgehead atoms. The highest BCUT2D eigenvalue weighted by molar-refractivity contribution is 5.89. The van der Waals surface area contributed by atoms with Gasteiger partial charge in [-0.15, -0.1) is 0 Å². The smallest absolute Gasteiger partial charge is 0.245 e. The van der Waals surface area contributed by atoms with Crippen LogP contribution in [0.4, 0.5) is 0 Å². The lowest BCUT2D eigenvalue weighted by Gasteiger charge is -2.39. The molecule has 0 aromatic carbocycles. The molecule has 4 atom stereocenters. The summed E-state index contributed by atoms with van der Waals surface area (Å²) in [6, 6.07) is -0.0338. The van der Waals surface area contributed by atoms with E-state index in [-0.39, 0.29) is 17.9 Å². The highest BCUT2D eigenvalue weighted by Gasteiger charge is 2.34. The molecule has 0 aromatic heterocycles. The van der Waals surface area contributed by atoms with Gasteiger partial charge in [0.25, 0.3) is 0 Å². The number of nitrogens with zero attached hydrogens (tertiary/aromatic N) is 1. The van der Waals surface area contributed by atoms with Crippen LogP contribution >= 0.6 is 0 Å². The predicted molar refractivity (Wildman–Crippen MR) is 69.9 cm³/mol. The topological polar surface area (TPSA) is 49.4 Å². The van der Waals surface area contributed by atoms with E-state index in [1.54, 1.807) is 6.92 Å². The molecule has 2 amide bonds. The van der Waals surface area contributed by atoms with E-state index in [0.29, 0.717) is 24.9 Å². The highest BCUT2D eigenvalue weighted by atomic mass is 16.2. The first-order valence-electron chi connectivity index (χ1n) is 7.09. The third kappa shape index (κ3) is 2.68. The normalized spacial score (nSPS) is 38.3. The Morgan fingerprint density at radius 3 is 2.50 bits per heavy atom. The molecule has 2 fully saturated rings. The summed E-state index contributed by atoms with van der Waals surface area (Å²) < 4.78 is 0. The second kappa shape index (κ2) is 5.29. The van der Waals surface area contributed by atoms with Gasteiger partial charge in [-0.2, -0.15) is 0 Å². The Morgan fingerprint density at radius 2 is 1.83 bits per heavy atom. The van der Waals surface area contributed by atoms with Gasteiger partial charge in [-0.05, 0) is 38.0 Å². The molecule has 1 aliphatic heterocycles. The molecule has 0 aromatic rings. The summed E-state index contributed by atoms with van der Waals surface area (Å²) in [7, 11) is 0. The van der Waals surface area contributed by atoms with Crippen LogP contribution in [0, 0.1) is 11.8 Å². The van der Waals surface area contributed by atoms with E-state index in [1.165, 1.54) is 6.42 Å². The molecule has 0 spiro atoms. The van der Waals surface area contributed by atoms with E-state index in [9.17, 15) is 9.59 Å². The zero-order chi connectivity index (χ0) is 13.3. The van der Waals surface area contributed by atoms with Crippen molar-refractivity contribution in [2.75, 3.05) is 6.54 Å². The first kappa shape index (κ1) is 13.4. The minimum absolute atomic E-state index is 0.00410. The predicted octanol–water partition coefficient (Wildman–Crippen LogP) is 1.55. The van der Waals surface area contributed by atoms with Crippen molar-refractivity contribution in [1.29, 1.82) is 0 Å². The van der Waals surface area contributed by atoms with Crippen molar-refractivity contribution in [1.82, 2.24) is 10.2 Å². The number of nitrogens with one attached hydrogen (secondary N) is 1. The van der Waals surface area contributed by atoms with Crippen molar-refractivity contribution in [3.8, 4) is 0 Å². The third-order valence-electron chi connectivity index (χ3n) is 4.62. The Bertz CT molecular complexity index is 343. The molecule has 1 saturated carbocycles. The van der Waals surface area contributed by atoms with Crippen LogP contribution in [0.2, 0.25) is 0 Å². The Balaban J connectivity index is 2.07. The van der Waals surface area contributed by atoms with Crippen molar-refractivity contribution in [3.05, 3.63) is 0 Å². The molecular formula is C14H24N2O2. The third-order valence-corrected chi connectivity index (χ3v) is 4.62. The monoisotopic (exact) mass is 252 g/mol. The summed E-state index contributed by atoms with van der Waals surface area (Å²) in [4.78, 5) is 25.7. The summed E-state index contributed by atoms with van der Waals surface area (Å²) in [5.74, 6) is 1.50. The van der Waals surface area contributed by atoms with E-state index in [4.69, 9.17) is 0 Å². The van der Waals surface area contributed by atoms with Gasteiger partial charge >= 0.3 is 0 Å². The quantitative estimate of drug-likeness (QED) is 0.769. The second-order valence-electron chi connectivity index (χ2n) is 5.99. The fourth-order valence-electron chi connectivity index (χ4n) is 3.12. The molecule has 1 aliphatic carbocycles. The first-order chi connectivity index (χ1) is 8.49. The summed E-state index contributed by atoms with van der Waals surface area (Å²) in [5.41, 5.74) is 0. The van der Waals surface area contributed by atoms with Crippen molar-refractivity contribution in [3.63, 3.8) is 0 Å². The zero-order valence-electron chi connectivity index (χ0n) is 11.6. The fourth-order valence-corrected chi connectivity index (χ4v) is 3.12. The SMILES string of the molecule is CC1NC(=O)CCN(C2CCC(C)C(C)C2)C1=O. The number of hydrogen-bond donors (Lipinski definition) is 1. The Kier molecular flexibility index (Phi) is 3.93. The number of carbonyl (C=O) groups is 2. The van der Waals surface area contributed by atoms with Gasteiger partial charge in [0.1, 0.15) is 6.04 Å². The average Bonchev–Trinajstić information content (AvgIpc) is 2.44. The van der Waals surface area contributed by atoms with E-state index in [1.807, 2.05) is 4.90 Å². The van der Waals surface area contributed by atoms with Gasteiger partial charge in [0.05, 0.1) is 0 Å². The van der Waals surface area contributed by atoms with Crippen LogP contribution in [0.15, 0.2) is 0 Å². The van der Waals surface area contributed by atoms with Gasteiger partial charge in [-0.25, -0.2) is 0 Å². The van der Waals surface area contributed by atoms with Crippen LogP contribution < -0.4 is 5.32 Å². The molecular weight excluding hydrogens is 228 g/mol. The Morgan fingerprint density at radius 1 is 1.11 bits per heavy atom. The summed E-state index contributed by atoms with van der Waals surface area (Å²) in [6.07, 6.45) is 3.79. The van der Waals surface area contributed by atoms with Crippen molar-refractivity contribution in [2.24, 2.45) is 11.8 Å². The molecule has 102 valence electrons. The van der Waals surface area contributed by atoms with E-state index < -0.39 is 0 Å². The van der Waals surface area contributed by atoms with Crippen LogP contribution in [0.25, 0.3) is 0 Å². The van der Waals surface area contributed by atoms with Crippen LogP contribution in [0.3, 0.4) is 0 Å². The summed E-state index contributed by atoms with van der Waals surface area (Å²) in [6.45, 7) is 6.93. The van der Waals surface area contributed by atoms with E-state index >= 15 is 0 Å². The minimum atomic E-state index is -0.366. The number of rotatable bonds is 1. The van der Waals surface area contributed by atoms with Gasteiger partial charge < -0.3 is 10.2 Å². The molecule has 1 saturated heterocycles. The van der Waals surface area contributed by atoms with Gasteiger partial charge in [0.2, 0.25) is 11.8 Å². The van der Waals surface area contributed by atoms with Crippen LogP contribution in [-0.4, -0.2) is 35.3 Å². The van der Waals surface area contributed by atoms with Crippen molar-refractivity contribution in [2.45, 2.75) is 58.5 Å². The lowest BCUT2D eigenvalue weighted by Crippen LogP contribution is -2.49. The van der Waals surface area contributed by atoms with Gasteiger partial charge in [-0.1, -0.05) is 13.8 Å². The van der Waals surface area contributed by atoms with Gasteiger partial charge in [0, 0.05) is 19.0 Å². The number of carbonyl (C=O) groups excluding carboxylic acids is 2. The molecule has 0 radical (unpaired) electrons. The Labute approximate surface area is 109 Å². The largest absolute Gasteiger partial charge is 0.345 e. The Hall–Kier alpha value is -1.06. The maximum absolute atomic E-state index is 12.3. The lowest BCUT2D eigenvalue weighted by molar-refractivity contribution is -0.136. The van der Waals surface area contributed by atoms with Crippen LogP contribution in [0.1, 0.15) is 46.5 Å². The van der Waals surface area contributed by atoms with Gasteiger partial charge in [-0.3, -0.25) is 9.59 Å². The fraction of sp³-hybridized carbons (Fsp3) is 0.857. The summed E-state index contributed by atoms with van der Waals surface area (Å²) >= 11 is 0. The van der Waals surface area contributed by atoms with Crippen LogP contribution in [0.5, 0.6) is 0 Å². The molecule has 4 nitrogen and oxygen atoms in total. The van der Waals surface area contributed by atoms with E-state index in [2.05, 4.69) is 19.2 Å². The molecule has 4 unspecified atom stereocenters. The molecule has 1 N–H and O–H groups in total. The lowest BCUT2D eigenvalue weighted by atomic mass is 9.78. The second-order valence-corrected chi connectivity index (χ2v) is 5.99. The summed E-state index contributed by atoms with van der Waals surface area (Å²) in [5, 5.41) is 2.75.